The molecular formula is C16H17N5. The molecule has 0 saturated carbocycles. The lowest BCUT2D eigenvalue weighted by molar-refractivity contribution is 0.678. The number of benzene rings is 1. The van der Waals surface area contributed by atoms with E-state index in [0.717, 1.165) is 19.5 Å². The Kier molecular flexibility index (Phi) is 3.69. The fourth-order valence-corrected chi connectivity index (χ4v) is 2.67. The summed E-state index contributed by atoms with van der Waals surface area (Å²) >= 11 is 0. The van der Waals surface area contributed by atoms with E-state index in [0.29, 0.717) is 17.6 Å². The van der Waals surface area contributed by atoms with Crippen molar-refractivity contribution in [1.29, 1.82) is 5.26 Å². The van der Waals surface area contributed by atoms with E-state index in [1.54, 1.807) is 12.1 Å². The first-order valence-electron chi connectivity index (χ1n) is 7.10. The van der Waals surface area contributed by atoms with Crippen molar-refractivity contribution in [2.24, 2.45) is 0 Å². The second-order valence-corrected chi connectivity index (χ2v) is 5.22. The number of para-hydroxylation sites is 1. The summed E-state index contributed by atoms with van der Waals surface area (Å²) in [5.41, 5.74) is 3.09. The van der Waals surface area contributed by atoms with Crippen LogP contribution in [0.4, 0.5) is 11.5 Å². The van der Waals surface area contributed by atoms with Crippen molar-refractivity contribution in [1.82, 2.24) is 10.2 Å². The van der Waals surface area contributed by atoms with Crippen molar-refractivity contribution >= 4 is 11.5 Å². The average molecular weight is 279 g/mol. The first-order chi connectivity index (χ1) is 10.3. The Morgan fingerprint density at radius 1 is 1.29 bits per heavy atom. The highest BCUT2D eigenvalue weighted by Crippen LogP contribution is 2.29. The zero-order chi connectivity index (χ0) is 14.7. The van der Waals surface area contributed by atoms with Crippen LogP contribution in [0.5, 0.6) is 0 Å². The molecule has 1 aromatic carbocycles. The maximum Gasteiger partial charge on any atom is 0.163 e. The van der Waals surface area contributed by atoms with Crippen molar-refractivity contribution in [3.05, 3.63) is 47.7 Å². The Morgan fingerprint density at radius 3 is 2.90 bits per heavy atom. The molecule has 2 heterocycles. The van der Waals surface area contributed by atoms with Crippen LogP contribution >= 0.6 is 0 Å². The molecule has 0 aliphatic carbocycles. The molecule has 0 fully saturated rings. The average Bonchev–Trinajstić information content (AvgIpc) is 2.97. The highest BCUT2D eigenvalue weighted by molar-refractivity contribution is 5.58. The van der Waals surface area contributed by atoms with Gasteiger partial charge in [-0.1, -0.05) is 18.2 Å². The molecule has 1 aromatic heterocycles. The third-order valence-electron chi connectivity index (χ3n) is 3.81. The van der Waals surface area contributed by atoms with Gasteiger partial charge in [-0.15, -0.1) is 10.2 Å². The summed E-state index contributed by atoms with van der Waals surface area (Å²) in [6.45, 7) is 4.04. The molecule has 0 spiro atoms. The van der Waals surface area contributed by atoms with Crippen LogP contribution in [0.1, 0.15) is 18.2 Å². The Bertz CT molecular complexity index is 659. The molecule has 5 heteroatoms. The van der Waals surface area contributed by atoms with E-state index in [1.165, 1.54) is 11.3 Å². The number of hydrogen-bond donors (Lipinski definition) is 1. The summed E-state index contributed by atoms with van der Waals surface area (Å²) in [6.07, 6.45) is 1.11. The van der Waals surface area contributed by atoms with Crippen molar-refractivity contribution in [3.8, 4) is 6.07 Å². The van der Waals surface area contributed by atoms with Gasteiger partial charge in [-0.25, -0.2) is 0 Å². The van der Waals surface area contributed by atoms with E-state index >= 15 is 0 Å². The van der Waals surface area contributed by atoms with Gasteiger partial charge in [0.15, 0.2) is 5.69 Å². The van der Waals surface area contributed by atoms with E-state index in [2.05, 4.69) is 51.6 Å². The highest BCUT2D eigenvalue weighted by Gasteiger charge is 2.22. The summed E-state index contributed by atoms with van der Waals surface area (Å²) in [5, 5.41) is 19.8. The maximum atomic E-state index is 8.70. The van der Waals surface area contributed by atoms with Gasteiger partial charge in [0.05, 0.1) is 0 Å². The molecule has 21 heavy (non-hydrogen) atoms. The van der Waals surface area contributed by atoms with Gasteiger partial charge in [-0.2, -0.15) is 5.26 Å². The number of nitriles is 1. The van der Waals surface area contributed by atoms with Crippen LogP contribution < -0.4 is 10.2 Å². The lowest BCUT2D eigenvalue weighted by atomic mass is 10.2. The molecule has 0 radical (unpaired) electrons. The predicted molar refractivity (Wildman–Crippen MR) is 82.2 cm³/mol. The minimum absolute atomic E-state index is 0.335. The second kappa shape index (κ2) is 5.80. The quantitative estimate of drug-likeness (QED) is 0.929. The largest absolute Gasteiger partial charge is 0.367 e. The fraction of sp³-hybridized carbons (Fsp3) is 0.312. The van der Waals surface area contributed by atoms with E-state index in [9.17, 15) is 0 Å². The molecule has 5 nitrogen and oxygen atoms in total. The van der Waals surface area contributed by atoms with Gasteiger partial charge in [0.25, 0.3) is 0 Å². The van der Waals surface area contributed by atoms with Gasteiger partial charge >= 0.3 is 0 Å². The Hall–Kier alpha value is -2.61. The maximum absolute atomic E-state index is 8.70. The molecule has 0 saturated heterocycles. The lowest BCUT2D eigenvalue weighted by Crippen LogP contribution is -2.36. The van der Waals surface area contributed by atoms with Crippen molar-refractivity contribution in [2.75, 3.05) is 23.3 Å². The molecule has 1 N–H and O–H groups in total. The molecule has 3 rings (SSSR count). The van der Waals surface area contributed by atoms with Crippen LogP contribution in [0.15, 0.2) is 36.4 Å². The van der Waals surface area contributed by atoms with E-state index in [4.69, 9.17) is 5.26 Å². The third-order valence-corrected chi connectivity index (χ3v) is 3.81. The topological polar surface area (TPSA) is 64.8 Å². The van der Waals surface area contributed by atoms with Crippen molar-refractivity contribution < 1.29 is 0 Å². The molecule has 0 bridgehead atoms. The monoisotopic (exact) mass is 279 g/mol. The second-order valence-electron chi connectivity index (χ2n) is 5.22. The number of rotatable bonds is 4. The number of hydrogen-bond acceptors (Lipinski definition) is 5. The lowest BCUT2D eigenvalue weighted by Gasteiger charge is -2.27. The number of anilines is 2. The fourth-order valence-electron chi connectivity index (χ4n) is 2.67. The van der Waals surface area contributed by atoms with E-state index in [1.807, 2.05) is 6.07 Å². The molecular weight excluding hydrogens is 262 g/mol. The van der Waals surface area contributed by atoms with Gasteiger partial charge in [-0.05, 0) is 37.1 Å². The molecule has 1 unspecified atom stereocenters. The van der Waals surface area contributed by atoms with Crippen LogP contribution in [0.25, 0.3) is 0 Å². The smallest absolute Gasteiger partial charge is 0.163 e. The Morgan fingerprint density at radius 2 is 2.14 bits per heavy atom. The molecule has 2 aromatic rings. The highest BCUT2D eigenvalue weighted by atomic mass is 15.2. The minimum Gasteiger partial charge on any atom is -0.367 e. The third kappa shape index (κ3) is 2.79. The zero-order valence-electron chi connectivity index (χ0n) is 12.0. The van der Waals surface area contributed by atoms with Crippen LogP contribution in [0.3, 0.4) is 0 Å². The molecule has 1 aliphatic heterocycles. The standard InChI is InChI=1S/C16H17N5/c1-12(11-18-16-7-6-14(10-17)19-20-16)21-9-8-13-4-2-3-5-15(13)21/h2-7,12H,8-9,11H2,1H3,(H,18,20). The predicted octanol–water partition coefficient (Wildman–Crippen LogP) is 2.21. The van der Waals surface area contributed by atoms with Gasteiger partial charge in [0, 0.05) is 24.8 Å². The summed E-state index contributed by atoms with van der Waals surface area (Å²) in [7, 11) is 0. The van der Waals surface area contributed by atoms with Gasteiger partial charge in [0.1, 0.15) is 11.9 Å². The summed E-state index contributed by atoms with van der Waals surface area (Å²) < 4.78 is 0. The molecule has 1 atom stereocenters. The Labute approximate surface area is 124 Å². The van der Waals surface area contributed by atoms with Gasteiger partial charge in [-0.3, -0.25) is 0 Å². The summed E-state index contributed by atoms with van der Waals surface area (Å²) in [5.74, 6) is 0.702. The zero-order valence-corrected chi connectivity index (χ0v) is 12.0. The van der Waals surface area contributed by atoms with Crippen LogP contribution in [-0.2, 0) is 6.42 Å². The van der Waals surface area contributed by atoms with Gasteiger partial charge < -0.3 is 10.2 Å². The number of nitrogens with zero attached hydrogens (tertiary/aromatic N) is 4. The summed E-state index contributed by atoms with van der Waals surface area (Å²) in [6, 6.07) is 14.4. The van der Waals surface area contributed by atoms with E-state index < -0.39 is 0 Å². The van der Waals surface area contributed by atoms with Crippen LogP contribution in [0.2, 0.25) is 0 Å². The number of aromatic nitrogens is 2. The molecule has 106 valence electrons. The first kappa shape index (κ1) is 13.4. The van der Waals surface area contributed by atoms with Gasteiger partial charge in [0.2, 0.25) is 0 Å². The molecule has 1 aliphatic rings. The normalized spacial score (nSPS) is 14.4. The minimum atomic E-state index is 0.335. The first-order valence-corrected chi connectivity index (χ1v) is 7.10. The Balaban J connectivity index is 1.62. The summed E-state index contributed by atoms with van der Waals surface area (Å²) in [4.78, 5) is 2.42. The number of nitrogens with one attached hydrogen (secondary N) is 1. The van der Waals surface area contributed by atoms with Crippen LogP contribution in [-0.4, -0.2) is 29.3 Å². The molecule has 0 amide bonds. The van der Waals surface area contributed by atoms with Crippen LogP contribution in [0, 0.1) is 11.3 Å². The van der Waals surface area contributed by atoms with Crippen molar-refractivity contribution in [3.63, 3.8) is 0 Å². The SMILES string of the molecule is CC(CNc1ccc(C#N)nn1)N1CCc2ccccc21. The van der Waals surface area contributed by atoms with E-state index in [-0.39, 0.29) is 0 Å². The van der Waals surface area contributed by atoms with Crippen molar-refractivity contribution in [2.45, 2.75) is 19.4 Å². The number of fused-ring (bicyclic) bond motifs is 1.